The van der Waals surface area contributed by atoms with E-state index < -0.39 is 6.10 Å². The molecule has 0 aliphatic carbocycles. The first-order valence-corrected chi connectivity index (χ1v) is 7.67. The lowest BCUT2D eigenvalue weighted by Crippen LogP contribution is -2.27. The minimum atomic E-state index is -0.501. The molecule has 2 nitrogen and oxygen atoms in total. The highest BCUT2D eigenvalue weighted by atomic mass is 79.9. The van der Waals surface area contributed by atoms with E-state index in [9.17, 15) is 5.11 Å². The smallest absolute Gasteiger partial charge is 0.0945 e. The van der Waals surface area contributed by atoms with Gasteiger partial charge in [0.1, 0.15) is 0 Å². The number of nitrogens with one attached hydrogen (secondary N) is 1. The molecule has 0 amide bonds. The van der Waals surface area contributed by atoms with Crippen LogP contribution in [0.15, 0.2) is 12.0 Å². The highest BCUT2D eigenvalue weighted by Crippen LogP contribution is 2.43. The SMILES string of the molecule is CC(C)NCC(O)c1c(Br)sc(Br)c1Br. The first-order valence-electron chi connectivity index (χ1n) is 4.48. The van der Waals surface area contributed by atoms with Gasteiger partial charge in [-0.1, -0.05) is 13.8 Å². The number of thiophene rings is 1. The van der Waals surface area contributed by atoms with Crippen molar-refractivity contribution < 1.29 is 5.11 Å². The predicted octanol–water partition coefficient (Wildman–Crippen LogP) is 4.07. The van der Waals surface area contributed by atoms with Crippen LogP contribution in [0.2, 0.25) is 0 Å². The van der Waals surface area contributed by atoms with Crippen LogP contribution in [0, 0.1) is 0 Å². The van der Waals surface area contributed by atoms with Crippen molar-refractivity contribution in [3.8, 4) is 0 Å². The summed E-state index contributed by atoms with van der Waals surface area (Å²) in [6, 6.07) is 0.374. The Bertz CT molecular complexity index is 340. The molecule has 1 heterocycles. The number of rotatable bonds is 4. The van der Waals surface area contributed by atoms with Gasteiger partial charge < -0.3 is 10.4 Å². The zero-order valence-electron chi connectivity index (χ0n) is 8.35. The van der Waals surface area contributed by atoms with Crippen molar-refractivity contribution in [3.05, 3.63) is 17.6 Å². The van der Waals surface area contributed by atoms with E-state index in [-0.39, 0.29) is 0 Å². The van der Waals surface area contributed by atoms with Gasteiger partial charge in [-0.3, -0.25) is 0 Å². The molecule has 1 unspecified atom stereocenters. The second-order valence-corrected chi connectivity index (χ2v) is 7.91. The quantitative estimate of drug-likeness (QED) is 0.768. The predicted molar refractivity (Wildman–Crippen MR) is 75.5 cm³/mol. The Morgan fingerprint density at radius 1 is 1.27 bits per heavy atom. The summed E-state index contributed by atoms with van der Waals surface area (Å²) >= 11 is 11.9. The van der Waals surface area contributed by atoms with Crippen molar-refractivity contribution in [2.45, 2.75) is 26.0 Å². The monoisotopic (exact) mass is 419 g/mol. The molecule has 0 aromatic carbocycles. The van der Waals surface area contributed by atoms with Crippen LogP contribution in [0.25, 0.3) is 0 Å². The summed E-state index contributed by atoms with van der Waals surface area (Å²) in [6.07, 6.45) is -0.501. The average molecular weight is 422 g/mol. The van der Waals surface area contributed by atoms with Gasteiger partial charge in [0, 0.05) is 22.6 Å². The van der Waals surface area contributed by atoms with E-state index in [4.69, 9.17) is 0 Å². The molecule has 0 fully saturated rings. The molecule has 0 aliphatic heterocycles. The van der Waals surface area contributed by atoms with Gasteiger partial charge in [-0.15, -0.1) is 11.3 Å². The number of halogens is 3. The van der Waals surface area contributed by atoms with Gasteiger partial charge in [0.15, 0.2) is 0 Å². The van der Waals surface area contributed by atoms with Crippen molar-refractivity contribution >= 4 is 59.1 Å². The van der Waals surface area contributed by atoms with Gasteiger partial charge >= 0.3 is 0 Å². The summed E-state index contributed by atoms with van der Waals surface area (Å²) in [5, 5.41) is 13.2. The van der Waals surface area contributed by atoms with Crippen LogP contribution in [0.4, 0.5) is 0 Å². The normalized spacial score (nSPS) is 13.5. The molecule has 0 saturated heterocycles. The zero-order valence-corrected chi connectivity index (χ0v) is 13.9. The van der Waals surface area contributed by atoms with Crippen LogP contribution in [0.1, 0.15) is 25.5 Å². The van der Waals surface area contributed by atoms with Crippen LogP contribution in [0.3, 0.4) is 0 Å². The maximum atomic E-state index is 10.0. The molecule has 0 spiro atoms. The van der Waals surface area contributed by atoms with E-state index >= 15 is 0 Å². The molecule has 1 rings (SSSR count). The second-order valence-electron chi connectivity index (χ2n) is 3.46. The van der Waals surface area contributed by atoms with Crippen molar-refractivity contribution in [1.29, 1.82) is 0 Å². The van der Waals surface area contributed by atoms with Gasteiger partial charge in [-0.2, -0.15) is 0 Å². The topological polar surface area (TPSA) is 32.3 Å². The molecule has 6 heteroatoms. The molecule has 0 saturated carbocycles. The van der Waals surface area contributed by atoms with E-state index in [0.717, 1.165) is 17.6 Å². The summed E-state index contributed by atoms with van der Waals surface area (Å²) < 4.78 is 2.88. The zero-order chi connectivity index (χ0) is 11.6. The number of hydrogen-bond acceptors (Lipinski definition) is 3. The van der Waals surface area contributed by atoms with E-state index in [0.29, 0.717) is 12.6 Å². The fourth-order valence-corrected chi connectivity index (χ4v) is 5.20. The molecule has 86 valence electrons. The lowest BCUT2D eigenvalue weighted by molar-refractivity contribution is 0.170. The first-order chi connectivity index (χ1) is 6.93. The van der Waals surface area contributed by atoms with Crippen molar-refractivity contribution in [1.82, 2.24) is 5.32 Å². The molecular formula is C9H12Br3NOS. The fraction of sp³-hybridized carbons (Fsp3) is 0.556. The summed E-state index contributed by atoms with van der Waals surface area (Å²) in [5.74, 6) is 0. The third kappa shape index (κ3) is 3.78. The molecule has 1 atom stereocenters. The van der Waals surface area contributed by atoms with Gasteiger partial charge in [-0.05, 0) is 47.8 Å². The van der Waals surface area contributed by atoms with Crippen molar-refractivity contribution in [3.63, 3.8) is 0 Å². The van der Waals surface area contributed by atoms with Crippen molar-refractivity contribution in [2.75, 3.05) is 6.54 Å². The van der Waals surface area contributed by atoms with Gasteiger partial charge in [0.2, 0.25) is 0 Å². The molecule has 0 radical (unpaired) electrons. The average Bonchev–Trinajstić information content (AvgIpc) is 2.37. The fourth-order valence-electron chi connectivity index (χ4n) is 1.10. The molecule has 1 aromatic rings. The number of aliphatic hydroxyl groups excluding tert-OH is 1. The summed E-state index contributed by atoms with van der Waals surface area (Å²) in [4.78, 5) is 0. The summed E-state index contributed by atoms with van der Waals surface area (Å²) in [6.45, 7) is 4.67. The lowest BCUT2D eigenvalue weighted by Gasteiger charge is -2.14. The maximum Gasteiger partial charge on any atom is 0.0945 e. The Kier molecular flexibility index (Phi) is 5.76. The van der Waals surface area contributed by atoms with E-state index in [1.807, 2.05) is 0 Å². The summed E-state index contributed by atoms with van der Waals surface area (Å²) in [7, 11) is 0. The minimum Gasteiger partial charge on any atom is -0.387 e. The van der Waals surface area contributed by atoms with Gasteiger partial charge in [-0.25, -0.2) is 0 Å². The largest absolute Gasteiger partial charge is 0.387 e. The van der Waals surface area contributed by atoms with Gasteiger partial charge in [0.25, 0.3) is 0 Å². The Labute approximate surface area is 119 Å². The van der Waals surface area contributed by atoms with E-state index in [2.05, 4.69) is 67.0 Å². The van der Waals surface area contributed by atoms with E-state index in [1.165, 1.54) is 0 Å². The molecule has 0 aliphatic rings. The van der Waals surface area contributed by atoms with Crippen LogP contribution in [0.5, 0.6) is 0 Å². The highest BCUT2D eigenvalue weighted by molar-refractivity contribution is 9.14. The molecule has 0 bridgehead atoms. The Hall–Kier alpha value is 1.06. The first kappa shape index (κ1) is 14.1. The number of aliphatic hydroxyl groups is 1. The second kappa shape index (κ2) is 6.12. The van der Waals surface area contributed by atoms with E-state index in [1.54, 1.807) is 11.3 Å². The third-order valence-corrected chi connectivity index (χ3v) is 6.05. The summed E-state index contributed by atoms with van der Waals surface area (Å²) in [5.41, 5.74) is 0.903. The highest BCUT2D eigenvalue weighted by Gasteiger charge is 2.20. The van der Waals surface area contributed by atoms with Crippen LogP contribution in [-0.4, -0.2) is 17.7 Å². The van der Waals surface area contributed by atoms with Crippen molar-refractivity contribution in [2.24, 2.45) is 0 Å². The molecule has 2 N–H and O–H groups in total. The minimum absolute atomic E-state index is 0.374. The van der Waals surface area contributed by atoms with Crippen LogP contribution in [-0.2, 0) is 0 Å². The molecular weight excluding hydrogens is 410 g/mol. The van der Waals surface area contributed by atoms with Crippen LogP contribution >= 0.6 is 59.1 Å². The Balaban J connectivity index is 2.77. The lowest BCUT2D eigenvalue weighted by atomic mass is 10.2. The molecule has 15 heavy (non-hydrogen) atoms. The Morgan fingerprint density at radius 2 is 1.87 bits per heavy atom. The third-order valence-electron chi connectivity index (χ3n) is 1.85. The Morgan fingerprint density at radius 3 is 2.27 bits per heavy atom. The number of hydrogen-bond donors (Lipinski definition) is 2. The van der Waals surface area contributed by atoms with Gasteiger partial charge in [0.05, 0.1) is 13.7 Å². The standard InChI is InChI=1S/C9H12Br3NOS/c1-4(2)13-3-5(14)6-7(10)9(12)15-8(6)11/h4-5,13-14H,3H2,1-2H3. The maximum absolute atomic E-state index is 10.0. The van der Waals surface area contributed by atoms with Crippen LogP contribution < -0.4 is 5.32 Å². The molecule has 1 aromatic heterocycles.